The van der Waals surface area contributed by atoms with Crippen LogP contribution in [0.1, 0.15) is 36.5 Å². The van der Waals surface area contributed by atoms with Crippen molar-refractivity contribution in [2.75, 3.05) is 0 Å². The molecule has 0 aromatic heterocycles. The molecule has 0 bridgehead atoms. The highest BCUT2D eigenvalue weighted by Crippen LogP contribution is 2.52. The molecule has 0 spiro atoms. The zero-order valence-electron chi connectivity index (χ0n) is 12.1. The van der Waals surface area contributed by atoms with Crippen LogP contribution in [0.3, 0.4) is 0 Å². The van der Waals surface area contributed by atoms with Crippen molar-refractivity contribution in [2.24, 2.45) is 0 Å². The van der Waals surface area contributed by atoms with Gasteiger partial charge in [0.05, 0.1) is 0 Å². The highest BCUT2D eigenvalue weighted by molar-refractivity contribution is 5.92. The van der Waals surface area contributed by atoms with Crippen LogP contribution < -0.4 is 0 Å². The molecular weight excluding hydrogens is 259 g/mol. The number of hydrogen-bond donors (Lipinski definition) is 0. The fourth-order valence-electron chi connectivity index (χ4n) is 3.74. The molecule has 0 amide bonds. The van der Waals surface area contributed by atoms with Crippen LogP contribution >= 0.6 is 0 Å². The maximum absolute atomic E-state index is 13.7. The summed E-state index contributed by atoms with van der Waals surface area (Å²) < 4.78 is 13.7. The van der Waals surface area contributed by atoms with Crippen molar-refractivity contribution in [3.63, 3.8) is 0 Å². The van der Waals surface area contributed by atoms with Crippen LogP contribution in [-0.4, -0.2) is 0 Å². The van der Waals surface area contributed by atoms with Crippen molar-refractivity contribution in [1.82, 2.24) is 0 Å². The first kappa shape index (κ1) is 12.6. The summed E-state index contributed by atoms with van der Waals surface area (Å²) in [5, 5.41) is 0. The number of rotatable bonds is 1. The van der Waals surface area contributed by atoms with Crippen molar-refractivity contribution < 1.29 is 4.39 Å². The Balaban J connectivity index is 1.88. The molecule has 0 saturated carbocycles. The summed E-state index contributed by atoms with van der Waals surface area (Å²) in [5.74, 6) is -0.138. The van der Waals surface area contributed by atoms with Gasteiger partial charge >= 0.3 is 0 Å². The Labute approximate surface area is 124 Å². The van der Waals surface area contributed by atoms with Gasteiger partial charge in [-0.3, -0.25) is 0 Å². The second kappa shape index (κ2) is 4.42. The fraction of sp³-hybridized carbons (Fsp3) is 0.200. The first-order valence-corrected chi connectivity index (χ1v) is 7.47. The van der Waals surface area contributed by atoms with Crippen molar-refractivity contribution in [3.05, 3.63) is 82.7 Å². The van der Waals surface area contributed by atoms with E-state index in [0.29, 0.717) is 0 Å². The van der Waals surface area contributed by atoms with Crippen molar-refractivity contribution in [2.45, 2.75) is 25.2 Å². The van der Waals surface area contributed by atoms with Gasteiger partial charge in [-0.2, -0.15) is 0 Å². The Kier molecular flexibility index (Phi) is 2.65. The fourth-order valence-corrected chi connectivity index (χ4v) is 3.74. The average Bonchev–Trinajstić information content (AvgIpc) is 2.80. The molecule has 0 heterocycles. The van der Waals surface area contributed by atoms with Gasteiger partial charge < -0.3 is 0 Å². The summed E-state index contributed by atoms with van der Waals surface area (Å²) in [6.45, 7) is 2.25. The lowest BCUT2D eigenvalue weighted by molar-refractivity contribution is 0.520. The molecule has 0 nitrogen and oxygen atoms in total. The Hall–Kier alpha value is -2.15. The molecule has 2 aromatic carbocycles. The van der Waals surface area contributed by atoms with Gasteiger partial charge in [-0.25, -0.2) is 4.39 Å². The predicted octanol–water partition coefficient (Wildman–Crippen LogP) is 5.36. The van der Waals surface area contributed by atoms with E-state index in [1.807, 2.05) is 12.1 Å². The summed E-state index contributed by atoms with van der Waals surface area (Å²) in [7, 11) is 0. The second-order valence-corrected chi connectivity index (χ2v) is 6.14. The highest BCUT2D eigenvalue weighted by atomic mass is 19.1. The van der Waals surface area contributed by atoms with E-state index in [9.17, 15) is 4.39 Å². The zero-order valence-corrected chi connectivity index (χ0v) is 12.1. The van der Waals surface area contributed by atoms with E-state index in [0.717, 1.165) is 24.0 Å². The van der Waals surface area contributed by atoms with E-state index < -0.39 is 0 Å². The second-order valence-electron chi connectivity index (χ2n) is 6.14. The van der Waals surface area contributed by atoms with Gasteiger partial charge in [-0.05, 0) is 58.9 Å². The minimum Gasteiger partial charge on any atom is -0.207 e. The Morgan fingerprint density at radius 2 is 1.86 bits per heavy atom. The summed E-state index contributed by atoms with van der Waals surface area (Å²) >= 11 is 0. The third-order valence-corrected chi connectivity index (χ3v) is 4.87. The average molecular weight is 276 g/mol. The Morgan fingerprint density at radius 1 is 1.05 bits per heavy atom. The molecule has 2 aliphatic rings. The van der Waals surface area contributed by atoms with Crippen LogP contribution in [0, 0.1) is 5.82 Å². The van der Waals surface area contributed by atoms with Crippen LogP contribution in [-0.2, 0) is 5.41 Å². The molecule has 2 aromatic rings. The number of benzene rings is 2. The molecule has 1 heteroatoms. The standard InChI is InChI=1S/C20H17F/c1-20-11-5-8-17(14-6-3-2-4-7-14)19(20)12-15-9-10-16(21)13-18(15)20/h2-4,6-10,12-13H,5,11H2,1H3/t20-/m0/s1. The normalized spacial score (nSPS) is 23.1. The minimum atomic E-state index is -0.138. The molecule has 2 aliphatic carbocycles. The number of allylic oxidation sites excluding steroid dienone is 3. The topological polar surface area (TPSA) is 0 Å². The first-order chi connectivity index (χ1) is 10.2. The largest absolute Gasteiger partial charge is 0.207 e. The zero-order chi connectivity index (χ0) is 14.4. The van der Waals surface area contributed by atoms with Crippen LogP contribution in [0.4, 0.5) is 4.39 Å². The van der Waals surface area contributed by atoms with Crippen LogP contribution in [0.25, 0.3) is 11.6 Å². The summed E-state index contributed by atoms with van der Waals surface area (Å²) in [5.41, 5.74) is 6.14. The van der Waals surface area contributed by atoms with E-state index >= 15 is 0 Å². The SMILES string of the molecule is C[C@@]12CCC=C(c3ccccc3)C1=Cc1ccc(F)cc12. The van der Waals surface area contributed by atoms with Crippen molar-refractivity contribution in [1.29, 1.82) is 0 Å². The van der Waals surface area contributed by atoms with E-state index in [2.05, 4.69) is 43.3 Å². The highest BCUT2D eigenvalue weighted by Gasteiger charge is 2.40. The van der Waals surface area contributed by atoms with E-state index in [1.165, 1.54) is 16.7 Å². The van der Waals surface area contributed by atoms with Gasteiger partial charge in [-0.1, -0.05) is 49.4 Å². The van der Waals surface area contributed by atoms with Gasteiger partial charge in [-0.15, -0.1) is 0 Å². The number of hydrogen-bond acceptors (Lipinski definition) is 0. The number of halogens is 1. The third-order valence-electron chi connectivity index (χ3n) is 4.87. The molecule has 0 aliphatic heterocycles. The van der Waals surface area contributed by atoms with Gasteiger partial charge in [0.2, 0.25) is 0 Å². The molecule has 0 saturated heterocycles. The monoisotopic (exact) mass is 276 g/mol. The molecule has 0 unspecified atom stereocenters. The first-order valence-electron chi connectivity index (χ1n) is 7.47. The summed E-state index contributed by atoms with van der Waals surface area (Å²) in [6, 6.07) is 15.7. The predicted molar refractivity (Wildman–Crippen MR) is 85.4 cm³/mol. The quantitative estimate of drug-likeness (QED) is 0.658. The molecule has 4 rings (SSSR count). The lowest BCUT2D eigenvalue weighted by atomic mass is 9.69. The van der Waals surface area contributed by atoms with Crippen molar-refractivity contribution in [3.8, 4) is 0 Å². The summed E-state index contributed by atoms with van der Waals surface area (Å²) in [4.78, 5) is 0. The van der Waals surface area contributed by atoms with Crippen LogP contribution in [0.15, 0.2) is 60.2 Å². The molecule has 1 atom stereocenters. The van der Waals surface area contributed by atoms with E-state index in [-0.39, 0.29) is 11.2 Å². The Morgan fingerprint density at radius 3 is 2.67 bits per heavy atom. The summed E-state index contributed by atoms with van der Waals surface area (Å²) in [6.07, 6.45) is 6.65. The van der Waals surface area contributed by atoms with Gasteiger partial charge in [0.15, 0.2) is 0 Å². The van der Waals surface area contributed by atoms with Crippen LogP contribution in [0.2, 0.25) is 0 Å². The van der Waals surface area contributed by atoms with E-state index in [1.54, 1.807) is 12.1 Å². The Bertz CT molecular complexity index is 768. The smallest absolute Gasteiger partial charge is 0.123 e. The maximum atomic E-state index is 13.7. The van der Waals surface area contributed by atoms with Gasteiger partial charge in [0.25, 0.3) is 0 Å². The van der Waals surface area contributed by atoms with Gasteiger partial charge in [0, 0.05) is 5.41 Å². The van der Waals surface area contributed by atoms with Gasteiger partial charge in [0.1, 0.15) is 5.82 Å². The molecule has 0 fully saturated rings. The maximum Gasteiger partial charge on any atom is 0.123 e. The third kappa shape index (κ3) is 1.80. The van der Waals surface area contributed by atoms with Crippen LogP contribution in [0.5, 0.6) is 0 Å². The molecule has 0 radical (unpaired) electrons. The lowest BCUT2D eigenvalue weighted by Gasteiger charge is -2.34. The molecule has 21 heavy (non-hydrogen) atoms. The number of fused-ring (bicyclic) bond motifs is 3. The lowest BCUT2D eigenvalue weighted by Crippen LogP contribution is -2.25. The molecular formula is C20H17F. The van der Waals surface area contributed by atoms with Crippen molar-refractivity contribution >= 4 is 11.6 Å². The molecule has 104 valence electrons. The van der Waals surface area contributed by atoms with E-state index in [4.69, 9.17) is 0 Å². The minimum absolute atomic E-state index is 0.0582. The molecule has 0 N–H and O–H groups in total.